The molecule has 0 saturated carbocycles. The van der Waals surface area contributed by atoms with Gasteiger partial charge in [-0.15, -0.1) is 0 Å². The first-order valence-corrected chi connectivity index (χ1v) is 6.69. The zero-order valence-electron chi connectivity index (χ0n) is 11.5. The van der Waals surface area contributed by atoms with Crippen LogP contribution in [0, 0.1) is 0 Å². The number of methoxy groups -OCH3 is 2. The lowest BCUT2D eigenvalue weighted by molar-refractivity contribution is -0.144. The van der Waals surface area contributed by atoms with Crippen molar-refractivity contribution in [2.45, 2.75) is 13.0 Å². The van der Waals surface area contributed by atoms with Crippen molar-refractivity contribution in [1.29, 1.82) is 0 Å². The summed E-state index contributed by atoms with van der Waals surface area (Å²) >= 11 is 3.36. The normalized spacial score (nSPS) is 11.4. The minimum atomic E-state index is -0.763. The molecule has 0 spiro atoms. The first-order valence-electron chi connectivity index (χ1n) is 5.90. The molecule has 1 amide bonds. The van der Waals surface area contributed by atoms with Crippen LogP contribution in [0.1, 0.15) is 6.92 Å². The molecule has 0 aliphatic rings. The summed E-state index contributed by atoms with van der Waals surface area (Å²) in [6, 6.07) is 4.69. The highest BCUT2D eigenvalue weighted by Crippen LogP contribution is 2.27. The van der Waals surface area contributed by atoms with Gasteiger partial charge in [0, 0.05) is 17.9 Å². The van der Waals surface area contributed by atoms with E-state index in [1.165, 1.54) is 14.0 Å². The van der Waals surface area contributed by atoms with Crippen LogP contribution in [0.25, 0.3) is 0 Å². The average molecular weight is 345 g/mol. The number of carbonyl (C=O) groups is 2. The Morgan fingerprint density at radius 3 is 2.60 bits per heavy atom. The molecule has 0 heterocycles. The summed E-state index contributed by atoms with van der Waals surface area (Å²) in [5.41, 5.74) is 0.709. The molecule has 0 aliphatic carbocycles. The van der Waals surface area contributed by atoms with Crippen LogP contribution >= 0.6 is 15.9 Å². The molecule has 1 unspecified atom stereocenters. The number of hydrogen-bond acceptors (Lipinski definition) is 5. The van der Waals surface area contributed by atoms with E-state index < -0.39 is 12.0 Å². The Kier molecular flexibility index (Phi) is 6.30. The maximum atomic E-state index is 11.6. The molecule has 0 aromatic heterocycles. The fourth-order valence-electron chi connectivity index (χ4n) is 1.61. The minimum Gasteiger partial charge on any atom is -0.495 e. The lowest BCUT2D eigenvalue weighted by Crippen LogP contribution is -2.45. The molecular weight excluding hydrogens is 328 g/mol. The molecule has 7 heteroatoms. The predicted molar refractivity (Wildman–Crippen MR) is 78.8 cm³/mol. The number of halogens is 1. The van der Waals surface area contributed by atoms with Gasteiger partial charge in [0.15, 0.2) is 0 Å². The molecule has 110 valence electrons. The number of nitrogens with one attached hydrogen (secondary N) is 2. The summed E-state index contributed by atoms with van der Waals surface area (Å²) in [6.45, 7) is 1.54. The van der Waals surface area contributed by atoms with E-state index in [0.717, 1.165) is 4.47 Å². The molecule has 1 aromatic carbocycles. The molecule has 1 rings (SSSR count). The van der Waals surface area contributed by atoms with E-state index in [-0.39, 0.29) is 12.5 Å². The van der Waals surface area contributed by atoms with E-state index in [1.54, 1.807) is 13.2 Å². The van der Waals surface area contributed by atoms with Gasteiger partial charge >= 0.3 is 5.97 Å². The Labute approximate surface area is 126 Å². The van der Waals surface area contributed by atoms with Crippen LogP contribution in [-0.2, 0) is 14.3 Å². The molecule has 0 fully saturated rings. The van der Waals surface area contributed by atoms with Crippen molar-refractivity contribution in [1.82, 2.24) is 5.32 Å². The van der Waals surface area contributed by atoms with E-state index in [9.17, 15) is 9.59 Å². The largest absolute Gasteiger partial charge is 0.495 e. The van der Waals surface area contributed by atoms with E-state index >= 15 is 0 Å². The van der Waals surface area contributed by atoms with Gasteiger partial charge in [0.1, 0.15) is 11.8 Å². The van der Waals surface area contributed by atoms with Crippen molar-refractivity contribution < 1.29 is 19.1 Å². The number of anilines is 1. The topological polar surface area (TPSA) is 76.7 Å². The van der Waals surface area contributed by atoms with Crippen molar-refractivity contribution >= 4 is 33.5 Å². The summed E-state index contributed by atoms with van der Waals surface area (Å²) < 4.78 is 10.7. The summed E-state index contributed by atoms with van der Waals surface area (Å²) in [7, 11) is 2.83. The first-order chi connectivity index (χ1) is 9.47. The SMILES string of the molecule is COC(=O)C(CNc1cc(Br)ccc1OC)NC(C)=O. The van der Waals surface area contributed by atoms with Gasteiger partial charge in [-0.3, -0.25) is 4.79 Å². The number of carbonyl (C=O) groups excluding carboxylic acids is 2. The zero-order valence-corrected chi connectivity index (χ0v) is 13.1. The summed E-state index contributed by atoms with van der Waals surface area (Å²) in [6.07, 6.45) is 0. The monoisotopic (exact) mass is 344 g/mol. The molecule has 0 radical (unpaired) electrons. The highest BCUT2D eigenvalue weighted by atomic mass is 79.9. The highest BCUT2D eigenvalue weighted by molar-refractivity contribution is 9.10. The van der Waals surface area contributed by atoms with Crippen LogP contribution < -0.4 is 15.4 Å². The van der Waals surface area contributed by atoms with E-state index in [0.29, 0.717) is 11.4 Å². The molecule has 1 aromatic rings. The van der Waals surface area contributed by atoms with Crippen LogP contribution in [0.4, 0.5) is 5.69 Å². The third-order valence-electron chi connectivity index (χ3n) is 2.52. The number of esters is 1. The summed E-state index contributed by atoms with van der Waals surface area (Å²) in [5, 5.41) is 5.58. The molecule has 0 saturated heterocycles. The lowest BCUT2D eigenvalue weighted by Gasteiger charge is -2.18. The molecular formula is C13H17BrN2O4. The van der Waals surface area contributed by atoms with Gasteiger partial charge in [0.2, 0.25) is 5.91 Å². The fraction of sp³-hybridized carbons (Fsp3) is 0.385. The number of ether oxygens (including phenoxy) is 2. The van der Waals surface area contributed by atoms with Crippen molar-refractivity contribution in [2.75, 3.05) is 26.1 Å². The molecule has 6 nitrogen and oxygen atoms in total. The third-order valence-corrected chi connectivity index (χ3v) is 3.01. The van der Waals surface area contributed by atoms with Gasteiger partial charge in [-0.2, -0.15) is 0 Å². The standard InChI is InChI=1S/C13H17BrN2O4/c1-8(17)16-11(13(18)20-3)7-15-10-6-9(14)4-5-12(10)19-2/h4-6,11,15H,7H2,1-3H3,(H,16,17). The Bertz CT molecular complexity index is 493. The molecule has 0 bridgehead atoms. The smallest absolute Gasteiger partial charge is 0.330 e. The van der Waals surface area contributed by atoms with Crippen molar-refractivity contribution in [3.8, 4) is 5.75 Å². The Morgan fingerprint density at radius 1 is 1.35 bits per heavy atom. The molecule has 20 heavy (non-hydrogen) atoms. The predicted octanol–water partition coefficient (Wildman–Crippen LogP) is 1.55. The van der Waals surface area contributed by atoms with Crippen LogP contribution in [0.5, 0.6) is 5.75 Å². The first kappa shape index (κ1) is 16.3. The van der Waals surface area contributed by atoms with Gasteiger partial charge in [-0.1, -0.05) is 15.9 Å². The quantitative estimate of drug-likeness (QED) is 0.765. The van der Waals surface area contributed by atoms with Crippen molar-refractivity contribution in [3.05, 3.63) is 22.7 Å². The highest BCUT2D eigenvalue weighted by Gasteiger charge is 2.20. The number of rotatable bonds is 6. The third kappa shape index (κ3) is 4.73. The number of amides is 1. The Balaban J connectivity index is 2.78. The van der Waals surface area contributed by atoms with Crippen LogP contribution in [-0.4, -0.2) is 38.7 Å². The lowest BCUT2D eigenvalue weighted by atomic mass is 10.2. The Morgan fingerprint density at radius 2 is 2.05 bits per heavy atom. The van der Waals surface area contributed by atoms with Crippen LogP contribution in [0.15, 0.2) is 22.7 Å². The van der Waals surface area contributed by atoms with Crippen molar-refractivity contribution in [2.24, 2.45) is 0 Å². The number of benzene rings is 1. The van der Waals surface area contributed by atoms with Gasteiger partial charge in [-0.25, -0.2) is 4.79 Å². The van der Waals surface area contributed by atoms with Crippen LogP contribution in [0.2, 0.25) is 0 Å². The van der Waals surface area contributed by atoms with Gasteiger partial charge in [0.25, 0.3) is 0 Å². The van der Waals surface area contributed by atoms with E-state index in [1.807, 2.05) is 12.1 Å². The zero-order chi connectivity index (χ0) is 15.1. The summed E-state index contributed by atoms with van der Waals surface area (Å²) in [5.74, 6) is -0.176. The van der Waals surface area contributed by atoms with Gasteiger partial charge < -0.3 is 20.1 Å². The maximum absolute atomic E-state index is 11.6. The summed E-state index contributed by atoms with van der Waals surface area (Å²) in [4.78, 5) is 22.7. The van der Waals surface area contributed by atoms with Gasteiger partial charge in [-0.05, 0) is 18.2 Å². The van der Waals surface area contributed by atoms with E-state index in [4.69, 9.17) is 4.74 Å². The second kappa shape index (κ2) is 7.74. The minimum absolute atomic E-state index is 0.194. The molecule has 1 atom stereocenters. The Hall–Kier alpha value is -1.76. The molecule has 0 aliphatic heterocycles. The fourth-order valence-corrected chi connectivity index (χ4v) is 1.97. The van der Waals surface area contributed by atoms with Crippen molar-refractivity contribution in [3.63, 3.8) is 0 Å². The number of hydrogen-bond donors (Lipinski definition) is 2. The van der Waals surface area contributed by atoms with E-state index in [2.05, 4.69) is 31.3 Å². The second-order valence-electron chi connectivity index (χ2n) is 4.00. The van der Waals surface area contributed by atoms with Crippen LogP contribution in [0.3, 0.4) is 0 Å². The average Bonchev–Trinajstić information content (AvgIpc) is 2.42. The van der Waals surface area contributed by atoms with Gasteiger partial charge in [0.05, 0.1) is 19.9 Å². The second-order valence-corrected chi connectivity index (χ2v) is 4.92. The molecule has 2 N–H and O–H groups in total. The maximum Gasteiger partial charge on any atom is 0.330 e.